The zero-order chi connectivity index (χ0) is 14.5. The maximum absolute atomic E-state index is 5.32. The molecule has 1 aliphatic rings. The van der Waals surface area contributed by atoms with Gasteiger partial charge < -0.3 is 10.1 Å². The van der Waals surface area contributed by atoms with Crippen molar-refractivity contribution in [3.8, 4) is 5.75 Å². The molecule has 2 rings (SSSR count). The van der Waals surface area contributed by atoms with Crippen LogP contribution in [0.15, 0.2) is 18.2 Å². The quantitative estimate of drug-likeness (QED) is 0.855. The lowest BCUT2D eigenvalue weighted by atomic mass is 9.74. The van der Waals surface area contributed by atoms with Gasteiger partial charge in [0, 0.05) is 6.04 Å². The van der Waals surface area contributed by atoms with Crippen molar-refractivity contribution in [2.75, 3.05) is 14.2 Å². The summed E-state index contributed by atoms with van der Waals surface area (Å²) >= 11 is 0. The molecule has 1 aromatic rings. The van der Waals surface area contributed by atoms with E-state index < -0.39 is 0 Å². The third-order valence-corrected chi connectivity index (χ3v) is 5.00. The van der Waals surface area contributed by atoms with Crippen molar-refractivity contribution >= 4 is 0 Å². The second-order valence-electron chi connectivity index (χ2n) is 6.19. The van der Waals surface area contributed by atoms with E-state index in [1.807, 2.05) is 0 Å². The topological polar surface area (TPSA) is 21.3 Å². The Morgan fingerprint density at radius 3 is 2.75 bits per heavy atom. The molecule has 0 spiro atoms. The monoisotopic (exact) mass is 275 g/mol. The number of nitrogens with one attached hydrogen (secondary N) is 1. The SMILES string of the molecule is CCC1CCCC(C(NC)c2ccc(OC)cc2C)C1. The zero-order valence-corrected chi connectivity index (χ0v) is 13.4. The van der Waals surface area contributed by atoms with Gasteiger partial charge in [-0.25, -0.2) is 0 Å². The van der Waals surface area contributed by atoms with E-state index in [2.05, 4.69) is 44.4 Å². The Balaban J connectivity index is 2.19. The number of aryl methyl sites for hydroxylation is 1. The van der Waals surface area contributed by atoms with E-state index in [0.29, 0.717) is 6.04 Å². The van der Waals surface area contributed by atoms with Gasteiger partial charge in [0.05, 0.1) is 7.11 Å². The molecule has 3 unspecified atom stereocenters. The van der Waals surface area contributed by atoms with Crippen molar-refractivity contribution in [2.24, 2.45) is 11.8 Å². The third-order valence-electron chi connectivity index (χ3n) is 5.00. The standard InChI is InChI=1S/C18H29NO/c1-5-14-7-6-8-15(12-14)18(19-3)17-10-9-16(20-4)11-13(17)2/h9-11,14-15,18-19H,5-8,12H2,1-4H3. The fourth-order valence-corrected chi connectivity index (χ4v) is 3.78. The first-order valence-electron chi connectivity index (χ1n) is 8.01. The van der Waals surface area contributed by atoms with Crippen molar-refractivity contribution in [1.82, 2.24) is 5.32 Å². The summed E-state index contributed by atoms with van der Waals surface area (Å²) in [7, 11) is 3.83. The second-order valence-corrected chi connectivity index (χ2v) is 6.19. The molecule has 2 heteroatoms. The average Bonchev–Trinajstić information content (AvgIpc) is 2.49. The second kappa shape index (κ2) is 7.12. The highest BCUT2D eigenvalue weighted by atomic mass is 16.5. The van der Waals surface area contributed by atoms with E-state index >= 15 is 0 Å². The normalized spacial score (nSPS) is 24.4. The van der Waals surface area contributed by atoms with Crippen molar-refractivity contribution in [1.29, 1.82) is 0 Å². The molecule has 0 aromatic heterocycles. The Kier molecular flexibility index (Phi) is 5.47. The number of methoxy groups -OCH3 is 1. The van der Waals surface area contributed by atoms with Gasteiger partial charge >= 0.3 is 0 Å². The highest BCUT2D eigenvalue weighted by molar-refractivity contribution is 5.37. The predicted molar refractivity (Wildman–Crippen MR) is 85.3 cm³/mol. The van der Waals surface area contributed by atoms with Gasteiger partial charge in [-0.05, 0) is 61.9 Å². The van der Waals surface area contributed by atoms with Crippen LogP contribution in [0, 0.1) is 18.8 Å². The summed E-state index contributed by atoms with van der Waals surface area (Å²) in [5.41, 5.74) is 2.78. The fraction of sp³-hybridized carbons (Fsp3) is 0.667. The van der Waals surface area contributed by atoms with Crippen molar-refractivity contribution in [3.63, 3.8) is 0 Å². The molecular weight excluding hydrogens is 246 g/mol. The minimum atomic E-state index is 0.482. The lowest BCUT2D eigenvalue weighted by Gasteiger charge is -2.35. The number of hydrogen-bond donors (Lipinski definition) is 1. The summed E-state index contributed by atoms with van der Waals surface area (Å²) in [5, 5.41) is 3.57. The minimum Gasteiger partial charge on any atom is -0.497 e. The molecule has 0 radical (unpaired) electrons. The molecule has 0 heterocycles. The summed E-state index contributed by atoms with van der Waals surface area (Å²) in [6, 6.07) is 6.97. The smallest absolute Gasteiger partial charge is 0.119 e. The van der Waals surface area contributed by atoms with Crippen LogP contribution in [0.5, 0.6) is 5.75 Å². The predicted octanol–water partition coefficient (Wildman–Crippen LogP) is 4.48. The molecule has 1 fully saturated rings. The lowest BCUT2D eigenvalue weighted by Crippen LogP contribution is -2.30. The van der Waals surface area contributed by atoms with Crippen LogP contribution in [-0.2, 0) is 0 Å². The molecule has 2 nitrogen and oxygen atoms in total. The van der Waals surface area contributed by atoms with Gasteiger partial charge in [-0.15, -0.1) is 0 Å². The summed E-state index contributed by atoms with van der Waals surface area (Å²) in [5.74, 6) is 2.64. The molecule has 0 bridgehead atoms. The summed E-state index contributed by atoms with van der Waals surface area (Å²) in [4.78, 5) is 0. The molecule has 1 N–H and O–H groups in total. The van der Waals surface area contributed by atoms with E-state index in [-0.39, 0.29) is 0 Å². The van der Waals surface area contributed by atoms with Gasteiger partial charge in [-0.1, -0.05) is 32.3 Å². The van der Waals surface area contributed by atoms with Gasteiger partial charge in [0.15, 0.2) is 0 Å². The first kappa shape index (κ1) is 15.4. The van der Waals surface area contributed by atoms with Gasteiger partial charge in [-0.2, -0.15) is 0 Å². The first-order valence-corrected chi connectivity index (χ1v) is 8.01. The molecule has 20 heavy (non-hydrogen) atoms. The molecule has 0 saturated heterocycles. The van der Waals surface area contributed by atoms with Crippen LogP contribution in [0.3, 0.4) is 0 Å². The number of benzene rings is 1. The summed E-state index contributed by atoms with van der Waals surface area (Å²) < 4.78 is 5.32. The van der Waals surface area contributed by atoms with E-state index in [4.69, 9.17) is 4.74 Å². The van der Waals surface area contributed by atoms with Crippen LogP contribution >= 0.6 is 0 Å². The molecular formula is C18H29NO. The van der Waals surface area contributed by atoms with Gasteiger partial charge in [0.25, 0.3) is 0 Å². The molecule has 112 valence electrons. The highest BCUT2D eigenvalue weighted by Crippen LogP contribution is 2.39. The van der Waals surface area contributed by atoms with Crippen LogP contribution in [-0.4, -0.2) is 14.2 Å². The maximum atomic E-state index is 5.32. The zero-order valence-electron chi connectivity index (χ0n) is 13.4. The Labute approximate surface area is 123 Å². The Hall–Kier alpha value is -1.02. The molecule has 3 atom stereocenters. The fourth-order valence-electron chi connectivity index (χ4n) is 3.78. The van der Waals surface area contributed by atoms with E-state index in [0.717, 1.165) is 17.6 Å². The average molecular weight is 275 g/mol. The van der Waals surface area contributed by atoms with Crippen LogP contribution in [0.1, 0.15) is 56.2 Å². The lowest BCUT2D eigenvalue weighted by molar-refractivity contribution is 0.214. The van der Waals surface area contributed by atoms with Crippen LogP contribution in [0.2, 0.25) is 0 Å². The largest absolute Gasteiger partial charge is 0.497 e. The van der Waals surface area contributed by atoms with Crippen molar-refractivity contribution in [3.05, 3.63) is 29.3 Å². The minimum absolute atomic E-state index is 0.482. The van der Waals surface area contributed by atoms with Gasteiger partial charge in [0.2, 0.25) is 0 Å². The number of ether oxygens (including phenoxy) is 1. The van der Waals surface area contributed by atoms with Crippen LogP contribution < -0.4 is 10.1 Å². The molecule has 1 aliphatic carbocycles. The van der Waals surface area contributed by atoms with Crippen LogP contribution in [0.25, 0.3) is 0 Å². The Morgan fingerprint density at radius 1 is 1.35 bits per heavy atom. The molecule has 1 saturated carbocycles. The van der Waals surface area contributed by atoms with Gasteiger partial charge in [0.1, 0.15) is 5.75 Å². The Bertz CT molecular complexity index is 429. The number of hydrogen-bond acceptors (Lipinski definition) is 2. The first-order chi connectivity index (χ1) is 9.69. The maximum Gasteiger partial charge on any atom is 0.119 e. The summed E-state index contributed by atoms with van der Waals surface area (Å²) in [6.45, 7) is 4.53. The molecule has 0 amide bonds. The van der Waals surface area contributed by atoms with E-state index in [1.54, 1.807) is 7.11 Å². The Morgan fingerprint density at radius 2 is 2.15 bits per heavy atom. The van der Waals surface area contributed by atoms with Crippen LogP contribution in [0.4, 0.5) is 0 Å². The molecule has 1 aromatic carbocycles. The molecule has 0 aliphatic heterocycles. The van der Waals surface area contributed by atoms with Gasteiger partial charge in [-0.3, -0.25) is 0 Å². The van der Waals surface area contributed by atoms with Crippen molar-refractivity contribution in [2.45, 2.75) is 52.0 Å². The van der Waals surface area contributed by atoms with E-state index in [1.165, 1.54) is 43.2 Å². The highest BCUT2D eigenvalue weighted by Gasteiger charge is 2.28. The van der Waals surface area contributed by atoms with E-state index in [9.17, 15) is 0 Å². The third kappa shape index (κ3) is 3.35. The number of rotatable bonds is 5. The summed E-state index contributed by atoms with van der Waals surface area (Å²) in [6.07, 6.45) is 6.86. The van der Waals surface area contributed by atoms with Crippen molar-refractivity contribution < 1.29 is 4.74 Å².